The first kappa shape index (κ1) is 23.9. The van der Waals surface area contributed by atoms with E-state index in [1.807, 2.05) is 39.0 Å². The number of nitrogens with zero attached hydrogens (tertiary/aromatic N) is 3. The van der Waals surface area contributed by atoms with Crippen LogP contribution in [0.15, 0.2) is 23.0 Å². The summed E-state index contributed by atoms with van der Waals surface area (Å²) in [6, 6.07) is 4.90. The number of aryl methyl sites for hydroxylation is 1. The normalized spacial score (nSPS) is 21.7. The van der Waals surface area contributed by atoms with Gasteiger partial charge in [0, 0.05) is 31.6 Å². The number of amides is 2. The molecule has 2 atom stereocenters. The van der Waals surface area contributed by atoms with Crippen LogP contribution in [0.25, 0.3) is 11.0 Å². The Hall–Kier alpha value is -3.25. The predicted octanol–water partition coefficient (Wildman–Crippen LogP) is 2.11. The minimum atomic E-state index is -0.868. The first-order chi connectivity index (χ1) is 16.0. The number of likely N-dealkylation sites (tertiary alicyclic amines) is 1. The number of hydrogen-bond donors (Lipinski definition) is 2. The molecule has 1 aromatic heterocycles. The van der Waals surface area contributed by atoms with Gasteiger partial charge in [-0.2, -0.15) is 0 Å². The Labute approximate surface area is 198 Å². The summed E-state index contributed by atoms with van der Waals surface area (Å²) in [5.74, 6) is 6.36. The maximum atomic E-state index is 12.9. The van der Waals surface area contributed by atoms with Crippen LogP contribution >= 0.6 is 0 Å². The highest BCUT2D eigenvalue weighted by molar-refractivity contribution is 5.85. The zero-order valence-electron chi connectivity index (χ0n) is 20.1. The second-order valence-corrected chi connectivity index (χ2v) is 10.0. The van der Waals surface area contributed by atoms with Crippen LogP contribution in [0.5, 0.6) is 0 Å². The third kappa shape index (κ3) is 4.97. The monoisotopic (exact) mass is 468 g/mol. The van der Waals surface area contributed by atoms with Gasteiger partial charge in [-0.3, -0.25) is 13.9 Å². The molecule has 2 aromatic rings. The number of aliphatic hydroxyl groups excluding tert-OH is 1. The highest BCUT2D eigenvalue weighted by Crippen LogP contribution is 2.25. The van der Waals surface area contributed by atoms with Crippen molar-refractivity contribution in [3.8, 4) is 11.8 Å². The third-order valence-corrected chi connectivity index (χ3v) is 6.29. The summed E-state index contributed by atoms with van der Waals surface area (Å²) in [7, 11) is 1.68. The minimum Gasteiger partial charge on any atom is -0.444 e. The van der Waals surface area contributed by atoms with Crippen molar-refractivity contribution in [2.45, 2.75) is 64.3 Å². The number of aliphatic hydroxyl groups is 1. The van der Waals surface area contributed by atoms with Crippen LogP contribution in [0.2, 0.25) is 0 Å². The van der Waals surface area contributed by atoms with Crippen molar-refractivity contribution in [3.63, 3.8) is 0 Å². The number of carbonyl (C=O) groups is 2. The lowest BCUT2D eigenvalue weighted by Gasteiger charge is -2.31. The van der Waals surface area contributed by atoms with E-state index < -0.39 is 17.9 Å². The van der Waals surface area contributed by atoms with Gasteiger partial charge in [-0.1, -0.05) is 11.8 Å². The molecule has 9 heteroatoms. The van der Waals surface area contributed by atoms with E-state index in [0.29, 0.717) is 37.0 Å². The van der Waals surface area contributed by atoms with Gasteiger partial charge in [0.2, 0.25) is 5.91 Å². The lowest BCUT2D eigenvalue weighted by atomic mass is 9.97. The Morgan fingerprint density at radius 2 is 1.82 bits per heavy atom. The van der Waals surface area contributed by atoms with Crippen molar-refractivity contribution < 1.29 is 19.4 Å². The SMILES string of the molecule is Cn1c(=O)n(C2CCC(O)NC2=O)c2ccc(C#CC3CCN(C(=O)OC(C)(C)C)CC3)cc21. The van der Waals surface area contributed by atoms with E-state index in [1.165, 1.54) is 9.13 Å². The molecule has 2 fully saturated rings. The summed E-state index contributed by atoms with van der Waals surface area (Å²) in [6.07, 6.45) is 1.21. The number of hydrogen-bond acceptors (Lipinski definition) is 5. The summed E-state index contributed by atoms with van der Waals surface area (Å²) in [5, 5.41) is 12.2. The van der Waals surface area contributed by atoms with Crippen molar-refractivity contribution in [2.24, 2.45) is 13.0 Å². The molecular formula is C25H32N4O5. The van der Waals surface area contributed by atoms with Crippen molar-refractivity contribution >= 4 is 23.0 Å². The molecule has 9 nitrogen and oxygen atoms in total. The first-order valence-electron chi connectivity index (χ1n) is 11.7. The smallest absolute Gasteiger partial charge is 0.410 e. The predicted molar refractivity (Wildman–Crippen MR) is 127 cm³/mol. The van der Waals surface area contributed by atoms with E-state index >= 15 is 0 Å². The number of nitrogens with one attached hydrogen (secondary N) is 1. The number of fused-ring (bicyclic) bond motifs is 1. The van der Waals surface area contributed by atoms with Gasteiger partial charge in [-0.15, -0.1) is 0 Å². The Kier molecular flexibility index (Phi) is 6.45. The van der Waals surface area contributed by atoms with Gasteiger partial charge in [0.05, 0.1) is 11.0 Å². The van der Waals surface area contributed by atoms with Crippen LogP contribution < -0.4 is 11.0 Å². The quantitative estimate of drug-likeness (QED) is 0.624. The molecule has 2 aliphatic heterocycles. The molecular weight excluding hydrogens is 436 g/mol. The minimum absolute atomic E-state index is 0.181. The average Bonchev–Trinajstić information content (AvgIpc) is 3.01. The lowest BCUT2D eigenvalue weighted by molar-refractivity contribution is -0.130. The van der Waals surface area contributed by atoms with Gasteiger partial charge < -0.3 is 20.1 Å². The van der Waals surface area contributed by atoms with Gasteiger partial charge in [0.25, 0.3) is 0 Å². The topological polar surface area (TPSA) is 106 Å². The molecule has 0 radical (unpaired) electrons. The molecule has 3 heterocycles. The number of imidazole rings is 1. The van der Waals surface area contributed by atoms with E-state index in [4.69, 9.17) is 4.74 Å². The summed E-state index contributed by atoms with van der Waals surface area (Å²) < 4.78 is 8.47. The second kappa shape index (κ2) is 9.18. The zero-order chi connectivity index (χ0) is 24.6. The zero-order valence-corrected chi connectivity index (χ0v) is 20.1. The van der Waals surface area contributed by atoms with Gasteiger partial charge in [-0.25, -0.2) is 9.59 Å². The van der Waals surface area contributed by atoms with Crippen LogP contribution in [0.1, 0.15) is 58.1 Å². The highest BCUT2D eigenvalue weighted by Gasteiger charge is 2.31. The summed E-state index contributed by atoms with van der Waals surface area (Å²) >= 11 is 0. The average molecular weight is 469 g/mol. The van der Waals surface area contributed by atoms with Crippen molar-refractivity contribution in [1.29, 1.82) is 0 Å². The Bertz CT molecular complexity index is 1220. The molecule has 0 bridgehead atoms. The number of aromatic nitrogens is 2. The number of benzene rings is 1. The van der Waals surface area contributed by atoms with Crippen molar-refractivity contribution in [1.82, 2.24) is 19.4 Å². The fourth-order valence-corrected chi connectivity index (χ4v) is 4.49. The van der Waals surface area contributed by atoms with Crippen LogP contribution in [-0.4, -0.2) is 56.1 Å². The second-order valence-electron chi connectivity index (χ2n) is 10.0. The van der Waals surface area contributed by atoms with Gasteiger partial charge >= 0.3 is 11.8 Å². The van der Waals surface area contributed by atoms with Crippen LogP contribution in [-0.2, 0) is 16.6 Å². The number of carbonyl (C=O) groups excluding carboxylic acids is 2. The van der Waals surface area contributed by atoms with Crippen LogP contribution in [0.4, 0.5) is 4.79 Å². The summed E-state index contributed by atoms with van der Waals surface area (Å²) in [4.78, 5) is 39.3. The molecule has 2 aliphatic rings. The number of rotatable bonds is 1. The largest absolute Gasteiger partial charge is 0.444 e. The van der Waals surface area contributed by atoms with Gasteiger partial charge in [0.15, 0.2) is 0 Å². The molecule has 0 saturated carbocycles. The third-order valence-electron chi connectivity index (χ3n) is 6.29. The van der Waals surface area contributed by atoms with E-state index in [-0.39, 0.29) is 23.6 Å². The van der Waals surface area contributed by atoms with E-state index in [2.05, 4.69) is 17.2 Å². The van der Waals surface area contributed by atoms with E-state index in [9.17, 15) is 19.5 Å². The van der Waals surface area contributed by atoms with Crippen LogP contribution in [0, 0.1) is 17.8 Å². The van der Waals surface area contributed by atoms with E-state index in [0.717, 1.165) is 18.4 Å². The molecule has 1 aromatic carbocycles. The molecule has 2 saturated heterocycles. The molecule has 2 unspecified atom stereocenters. The molecule has 0 spiro atoms. The number of ether oxygens (including phenoxy) is 1. The lowest BCUT2D eigenvalue weighted by Crippen LogP contribution is -2.46. The first-order valence-corrected chi connectivity index (χ1v) is 11.7. The summed E-state index contributed by atoms with van der Waals surface area (Å²) in [5.41, 5.74) is 1.38. The van der Waals surface area contributed by atoms with Crippen molar-refractivity contribution in [2.75, 3.05) is 13.1 Å². The maximum Gasteiger partial charge on any atom is 0.410 e. The van der Waals surface area contributed by atoms with Crippen molar-refractivity contribution in [3.05, 3.63) is 34.2 Å². The van der Waals surface area contributed by atoms with Crippen LogP contribution in [0.3, 0.4) is 0 Å². The molecule has 0 aliphatic carbocycles. The number of piperidine rings is 2. The van der Waals surface area contributed by atoms with Gasteiger partial charge in [-0.05, 0) is 64.7 Å². The molecule has 34 heavy (non-hydrogen) atoms. The summed E-state index contributed by atoms with van der Waals surface area (Å²) in [6.45, 7) is 6.81. The standard InChI is InChI=1S/C25H32N4O5/c1-25(2,3)34-24(33)28-13-11-16(12-14-28)5-6-17-7-8-18-20(15-17)27(4)23(32)29(18)19-9-10-21(30)26-22(19)31/h7-8,15-16,19,21,30H,9-14H2,1-4H3,(H,26,31). The highest BCUT2D eigenvalue weighted by atomic mass is 16.6. The van der Waals surface area contributed by atoms with E-state index in [1.54, 1.807) is 11.9 Å². The Morgan fingerprint density at radius 3 is 2.47 bits per heavy atom. The molecule has 182 valence electrons. The fraction of sp³-hybridized carbons (Fsp3) is 0.560. The fourth-order valence-electron chi connectivity index (χ4n) is 4.49. The molecule has 4 rings (SSSR count). The van der Waals surface area contributed by atoms with Gasteiger partial charge in [0.1, 0.15) is 17.9 Å². The Balaban J connectivity index is 1.48. The maximum absolute atomic E-state index is 12.9. The molecule has 2 N–H and O–H groups in total. The molecule has 2 amide bonds. The Morgan fingerprint density at radius 1 is 1.12 bits per heavy atom.